The predicted octanol–water partition coefficient (Wildman–Crippen LogP) is 3.21. The maximum absolute atomic E-state index is 12.5. The SMILES string of the molecule is O=C(O)C1=NN(c2ccccc2)C(=O)C1=Cc1ccc(Cl)cc1. The van der Waals surface area contributed by atoms with E-state index in [0.717, 1.165) is 5.01 Å². The van der Waals surface area contributed by atoms with Crippen LogP contribution < -0.4 is 5.01 Å². The highest BCUT2D eigenvalue weighted by molar-refractivity contribution is 6.53. The highest BCUT2D eigenvalue weighted by atomic mass is 35.5. The topological polar surface area (TPSA) is 70.0 Å². The Morgan fingerprint density at radius 2 is 1.74 bits per heavy atom. The van der Waals surface area contributed by atoms with E-state index in [2.05, 4.69) is 5.10 Å². The molecule has 1 heterocycles. The number of hydrogen-bond acceptors (Lipinski definition) is 3. The maximum atomic E-state index is 12.5. The van der Waals surface area contributed by atoms with Crippen LogP contribution in [0.15, 0.2) is 65.3 Å². The molecule has 1 aliphatic rings. The number of para-hydroxylation sites is 1. The lowest BCUT2D eigenvalue weighted by Crippen LogP contribution is -2.22. The molecule has 5 nitrogen and oxygen atoms in total. The van der Waals surface area contributed by atoms with Gasteiger partial charge in [0.05, 0.1) is 11.3 Å². The van der Waals surface area contributed by atoms with Gasteiger partial charge in [-0.15, -0.1) is 0 Å². The van der Waals surface area contributed by atoms with Gasteiger partial charge in [-0.25, -0.2) is 4.79 Å². The second-order valence-electron chi connectivity index (χ2n) is 4.82. The van der Waals surface area contributed by atoms with Crippen molar-refractivity contribution in [1.29, 1.82) is 0 Å². The van der Waals surface area contributed by atoms with Gasteiger partial charge in [-0.05, 0) is 35.9 Å². The number of carboxylic acids is 1. The summed E-state index contributed by atoms with van der Waals surface area (Å²) in [4.78, 5) is 24.0. The van der Waals surface area contributed by atoms with Gasteiger partial charge in [0.2, 0.25) is 0 Å². The van der Waals surface area contributed by atoms with Crippen LogP contribution in [0.5, 0.6) is 0 Å². The van der Waals surface area contributed by atoms with Gasteiger partial charge in [0, 0.05) is 5.02 Å². The fourth-order valence-electron chi connectivity index (χ4n) is 2.17. The molecule has 1 aliphatic heterocycles. The lowest BCUT2D eigenvalue weighted by molar-refractivity contribution is -0.129. The van der Waals surface area contributed by atoms with Gasteiger partial charge >= 0.3 is 5.97 Å². The first-order valence-corrected chi connectivity index (χ1v) is 7.13. The van der Waals surface area contributed by atoms with Crippen molar-refractivity contribution in [2.45, 2.75) is 0 Å². The van der Waals surface area contributed by atoms with E-state index in [1.807, 2.05) is 0 Å². The number of hydrogen-bond donors (Lipinski definition) is 1. The summed E-state index contributed by atoms with van der Waals surface area (Å²) in [5, 5.41) is 14.9. The first-order valence-electron chi connectivity index (χ1n) is 6.75. The second kappa shape index (κ2) is 6.06. The molecular weight excluding hydrogens is 316 g/mol. The summed E-state index contributed by atoms with van der Waals surface area (Å²) in [5.41, 5.74) is 0.926. The third kappa shape index (κ3) is 3.00. The van der Waals surface area contributed by atoms with Crippen LogP contribution in [0.4, 0.5) is 5.69 Å². The van der Waals surface area contributed by atoms with Crippen molar-refractivity contribution >= 4 is 41.0 Å². The molecule has 23 heavy (non-hydrogen) atoms. The summed E-state index contributed by atoms with van der Waals surface area (Å²) in [7, 11) is 0. The quantitative estimate of drug-likeness (QED) is 0.880. The highest BCUT2D eigenvalue weighted by Gasteiger charge is 2.34. The minimum atomic E-state index is -1.25. The third-order valence-corrected chi connectivity index (χ3v) is 3.51. The lowest BCUT2D eigenvalue weighted by atomic mass is 10.1. The van der Waals surface area contributed by atoms with Gasteiger partial charge in [0.15, 0.2) is 5.71 Å². The molecule has 2 aromatic rings. The Morgan fingerprint density at radius 1 is 1.09 bits per heavy atom. The van der Waals surface area contributed by atoms with E-state index < -0.39 is 11.9 Å². The van der Waals surface area contributed by atoms with E-state index in [9.17, 15) is 14.7 Å². The lowest BCUT2D eigenvalue weighted by Gasteiger charge is -2.10. The van der Waals surface area contributed by atoms with Crippen molar-refractivity contribution in [3.63, 3.8) is 0 Å². The molecule has 6 heteroatoms. The molecule has 0 aromatic heterocycles. The third-order valence-electron chi connectivity index (χ3n) is 3.26. The Balaban J connectivity index is 2.03. The molecule has 2 aromatic carbocycles. The molecule has 1 amide bonds. The van der Waals surface area contributed by atoms with E-state index >= 15 is 0 Å². The molecular formula is C17H11ClN2O3. The minimum Gasteiger partial charge on any atom is -0.476 e. The van der Waals surface area contributed by atoms with Crippen LogP contribution in [0.2, 0.25) is 5.02 Å². The van der Waals surface area contributed by atoms with E-state index in [1.165, 1.54) is 6.08 Å². The number of hydrazone groups is 1. The summed E-state index contributed by atoms with van der Waals surface area (Å²) in [5.74, 6) is -1.74. The zero-order valence-corrected chi connectivity index (χ0v) is 12.6. The first kappa shape index (κ1) is 15.0. The smallest absolute Gasteiger partial charge is 0.357 e. The van der Waals surface area contributed by atoms with Crippen LogP contribution in [-0.2, 0) is 9.59 Å². The van der Waals surface area contributed by atoms with E-state index in [4.69, 9.17) is 11.6 Å². The molecule has 3 rings (SSSR count). The van der Waals surface area contributed by atoms with Gasteiger partial charge in [0.25, 0.3) is 5.91 Å². The number of carbonyl (C=O) groups excluding carboxylic acids is 1. The molecule has 114 valence electrons. The van der Waals surface area contributed by atoms with Crippen molar-refractivity contribution in [3.8, 4) is 0 Å². The Hall–Kier alpha value is -2.92. The molecule has 0 radical (unpaired) electrons. The van der Waals surface area contributed by atoms with Crippen LogP contribution in [-0.4, -0.2) is 22.7 Å². The second-order valence-corrected chi connectivity index (χ2v) is 5.25. The average Bonchev–Trinajstić information content (AvgIpc) is 2.88. The number of rotatable bonds is 3. The van der Waals surface area contributed by atoms with Crippen LogP contribution >= 0.6 is 11.6 Å². The number of carboxylic acid groups (broad SMARTS) is 1. The summed E-state index contributed by atoms with van der Waals surface area (Å²) < 4.78 is 0. The number of aliphatic carboxylic acids is 1. The average molecular weight is 327 g/mol. The normalized spacial score (nSPS) is 15.9. The largest absolute Gasteiger partial charge is 0.476 e. The van der Waals surface area contributed by atoms with Gasteiger partial charge in [-0.2, -0.15) is 10.1 Å². The zero-order valence-electron chi connectivity index (χ0n) is 11.8. The van der Waals surface area contributed by atoms with Gasteiger partial charge in [0.1, 0.15) is 0 Å². The molecule has 0 aliphatic carbocycles. The molecule has 0 unspecified atom stereocenters. The van der Waals surface area contributed by atoms with E-state index in [1.54, 1.807) is 54.6 Å². The summed E-state index contributed by atoms with van der Waals surface area (Å²) >= 11 is 5.83. The Bertz CT molecular complexity index is 827. The fourth-order valence-corrected chi connectivity index (χ4v) is 2.30. The number of amides is 1. The molecule has 1 N–H and O–H groups in total. The van der Waals surface area contributed by atoms with Gasteiger partial charge in [-0.3, -0.25) is 4.79 Å². The Kier molecular flexibility index (Phi) is 3.95. The molecule has 0 spiro atoms. The van der Waals surface area contributed by atoms with Crippen molar-refractivity contribution < 1.29 is 14.7 Å². The summed E-state index contributed by atoms with van der Waals surface area (Å²) in [6.45, 7) is 0. The zero-order chi connectivity index (χ0) is 16.4. The van der Waals surface area contributed by atoms with Crippen molar-refractivity contribution in [2.75, 3.05) is 5.01 Å². The number of anilines is 1. The summed E-state index contributed by atoms with van der Waals surface area (Å²) in [6.07, 6.45) is 1.49. The molecule has 0 saturated carbocycles. The van der Waals surface area contributed by atoms with Crippen LogP contribution in [0.3, 0.4) is 0 Å². The number of carbonyl (C=O) groups is 2. The standard InChI is InChI=1S/C17H11ClN2O3/c18-12-8-6-11(7-9-12)10-14-15(17(22)23)19-20(16(14)21)13-4-2-1-3-5-13/h1-10H,(H,22,23). The van der Waals surface area contributed by atoms with Gasteiger partial charge in [-0.1, -0.05) is 41.9 Å². The predicted molar refractivity (Wildman–Crippen MR) is 88.4 cm³/mol. The van der Waals surface area contributed by atoms with Gasteiger partial charge < -0.3 is 5.11 Å². The highest BCUT2D eigenvalue weighted by Crippen LogP contribution is 2.25. The minimum absolute atomic E-state index is 0.0312. The monoisotopic (exact) mass is 326 g/mol. The van der Waals surface area contributed by atoms with Crippen LogP contribution in [0.25, 0.3) is 6.08 Å². The van der Waals surface area contributed by atoms with Crippen molar-refractivity contribution in [2.24, 2.45) is 5.10 Å². The van der Waals surface area contributed by atoms with Crippen molar-refractivity contribution in [1.82, 2.24) is 0 Å². The van der Waals surface area contributed by atoms with E-state index in [-0.39, 0.29) is 11.3 Å². The van der Waals surface area contributed by atoms with Crippen LogP contribution in [0, 0.1) is 0 Å². The summed E-state index contributed by atoms with van der Waals surface area (Å²) in [6, 6.07) is 15.4. The number of benzene rings is 2. The molecule has 0 bridgehead atoms. The molecule has 0 fully saturated rings. The van der Waals surface area contributed by atoms with E-state index in [0.29, 0.717) is 16.3 Å². The molecule has 0 atom stereocenters. The maximum Gasteiger partial charge on any atom is 0.357 e. The Labute approximate surface area is 137 Å². The Morgan fingerprint density at radius 3 is 2.35 bits per heavy atom. The first-order chi connectivity index (χ1) is 11.1. The number of nitrogens with zero attached hydrogens (tertiary/aromatic N) is 2. The molecule has 0 saturated heterocycles. The van der Waals surface area contributed by atoms with Crippen molar-refractivity contribution in [3.05, 3.63) is 70.8 Å². The van der Waals surface area contributed by atoms with Crippen LogP contribution in [0.1, 0.15) is 5.56 Å². The number of halogens is 1. The fraction of sp³-hybridized carbons (Fsp3) is 0.